The van der Waals surface area contributed by atoms with Crippen LogP contribution in [-0.2, 0) is 12.8 Å². The molecule has 2 aromatic heterocycles. The molecule has 0 aliphatic heterocycles. The highest BCUT2D eigenvalue weighted by molar-refractivity contribution is 7.13. The van der Waals surface area contributed by atoms with Crippen LogP contribution in [0.5, 0.6) is 0 Å². The van der Waals surface area contributed by atoms with E-state index >= 15 is 0 Å². The molecule has 0 fully saturated rings. The number of hydrogen-bond acceptors (Lipinski definition) is 6. The summed E-state index contributed by atoms with van der Waals surface area (Å²) in [5.41, 5.74) is 7.10. The summed E-state index contributed by atoms with van der Waals surface area (Å²) in [5.74, 6) is 0. The monoisotopic (exact) mass is 326 g/mol. The Balaban J connectivity index is 1.69. The predicted octanol–water partition coefficient (Wildman–Crippen LogP) is 4.10. The number of fused-ring (bicyclic) bond motifs is 2. The lowest BCUT2D eigenvalue weighted by molar-refractivity contribution is 0.971. The first kappa shape index (κ1) is 13.7. The zero-order valence-corrected chi connectivity index (χ0v) is 14.0. The molecule has 0 aliphatic carbocycles. The molecular formula is C16H14N4S2. The minimum atomic E-state index is 0.957. The van der Waals surface area contributed by atoms with Gasteiger partial charge < -0.3 is 0 Å². The SMILES string of the molecule is Cc1ccc(CCc2ccc(C)c3snnc23)c2snnc12. The molecule has 0 aliphatic rings. The fourth-order valence-electron chi connectivity index (χ4n) is 2.75. The number of aryl methyl sites for hydroxylation is 4. The second kappa shape index (κ2) is 5.37. The molecule has 22 heavy (non-hydrogen) atoms. The van der Waals surface area contributed by atoms with Gasteiger partial charge in [-0.05, 0) is 72.0 Å². The lowest BCUT2D eigenvalue weighted by Gasteiger charge is -2.06. The van der Waals surface area contributed by atoms with Gasteiger partial charge in [-0.2, -0.15) is 0 Å². The maximum atomic E-state index is 4.30. The highest BCUT2D eigenvalue weighted by atomic mass is 32.1. The van der Waals surface area contributed by atoms with Crippen LogP contribution in [0, 0.1) is 13.8 Å². The molecule has 0 unspecified atom stereocenters. The van der Waals surface area contributed by atoms with Gasteiger partial charge in [0.2, 0.25) is 0 Å². The molecule has 0 atom stereocenters. The summed E-state index contributed by atoms with van der Waals surface area (Å²) in [6.45, 7) is 4.19. The van der Waals surface area contributed by atoms with Gasteiger partial charge in [0, 0.05) is 0 Å². The first-order chi connectivity index (χ1) is 10.7. The first-order valence-corrected chi connectivity index (χ1v) is 8.70. The molecule has 0 spiro atoms. The highest BCUT2D eigenvalue weighted by Gasteiger charge is 2.11. The normalized spacial score (nSPS) is 11.5. The summed E-state index contributed by atoms with van der Waals surface area (Å²) >= 11 is 2.96. The van der Waals surface area contributed by atoms with Gasteiger partial charge in [-0.3, -0.25) is 0 Å². The van der Waals surface area contributed by atoms with Gasteiger partial charge in [0.25, 0.3) is 0 Å². The van der Waals surface area contributed by atoms with E-state index in [-0.39, 0.29) is 0 Å². The number of hydrogen-bond donors (Lipinski definition) is 0. The molecule has 0 amide bonds. The Morgan fingerprint density at radius 3 is 2.23 bits per heavy atom. The number of benzene rings is 2. The second-order valence-electron chi connectivity index (χ2n) is 5.48. The van der Waals surface area contributed by atoms with Crippen LogP contribution in [0.15, 0.2) is 24.3 Å². The summed E-state index contributed by atoms with van der Waals surface area (Å²) in [4.78, 5) is 0. The fourth-order valence-corrected chi connectivity index (χ4v) is 4.20. The second-order valence-corrected chi connectivity index (χ2v) is 6.99. The maximum absolute atomic E-state index is 4.30. The number of rotatable bonds is 3. The van der Waals surface area contributed by atoms with Crippen LogP contribution < -0.4 is 0 Å². The maximum Gasteiger partial charge on any atom is 0.109 e. The van der Waals surface area contributed by atoms with Crippen molar-refractivity contribution in [2.24, 2.45) is 0 Å². The topological polar surface area (TPSA) is 51.6 Å². The minimum absolute atomic E-state index is 0.957. The van der Waals surface area contributed by atoms with Gasteiger partial charge in [-0.1, -0.05) is 33.2 Å². The smallest absolute Gasteiger partial charge is 0.109 e. The standard InChI is InChI=1S/C16H14N4S2/c1-9-3-6-12(16-13(9)17-19-22-16)8-7-11-5-4-10(2)15-14(11)18-20-21-15/h3-6H,7-8H2,1-2H3. The van der Waals surface area contributed by atoms with Crippen LogP contribution in [0.2, 0.25) is 0 Å². The van der Waals surface area contributed by atoms with Gasteiger partial charge >= 0.3 is 0 Å². The molecule has 0 saturated carbocycles. The van der Waals surface area contributed by atoms with E-state index in [4.69, 9.17) is 0 Å². The average molecular weight is 326 g/mol. The molecule has 0 radical (unpaired) electrons. The minimum Gasteiger partial charge on any atom is -0.138 e. The molecule has 4 rings (SSSR count). The average Bonchev–Trinajstić information content (AvgIpc) is 3.18. The Morgan fingerprint density at radius 2 is 1.36 bits per heavy atom. The summed E-state index contributed by atoms with van der Waals surface area (Å²) in [6.07, 6.45) is 1.93. The van der Waals surface area contributed by atoms with E-state index in [2.05, 4.69) is 57.3 Å². The Morgan fingerprint density at radius 1 is 0.727 bits per heavy atom. The third kappa shape index (κ3) is 2.19. The van der Waals surface area contributed by atoms with Crippen LogP contribution in [0.3, 0.4) is 0 Å². The van der Waals surface area contributed by atoms with Gasteiger partial charge in [0.05, 0.1) is 9.40 Å². The van der Waals surface area contributed by atoms with Crippen LogP contribution in [-0.4, -0.2) is 19.2 Å². The van der Waals surface area contributed by atoms with Gasteiger partial charge in [0.1, 0.15) is 11.0 Å². The third-order valence-corrected chi connectivity index (χ3v) is 5.70. The molecule has 6 heteroatoms. The molecule has 2 aromatic carbocycles. The lowest BCUT2D eigenvalue weighted by atomic mass is 10.0. The zero-order valence-electron chi connectivity index (χ0n) is 12.3. The van der Waals surface area contributed by atoms with Crippen LogP contribution in [0.1, 0.15) is 22.3 Å². The zero-order chi connectivity index (χ0) is 15.1. The molecular weight excluding hydrogens is 312 g/mol. The van der Waals surface area contributed by atoms with E-state index in [9.17, 15) is 0 Å². The molecule has 4 aromatic rings. The molecule has 0 saturated heterocycles. The largest absolute Gasteiger partial charge is 0.138 e. The van der Waals surface area contributed by atoms with E-state index in [0.29, 0.717) is 0 Å². The first-order valence-electron chi connectivity index (χ1n) is 7.15. The molecule has 110 valence electrons. The number of aromatic nitrogens is 4. The summed E-state index contributed by atoms with van der Waals surface area (Å²) in [7, 11) is 0. The Kier molecular flexibility index (Phi) is 3.35. The summed E-state index contributed by atoms with van der Waals surface area (Å²) < 4.78 is 10.6. The van der Waals surface area contributed by atoms with Crippen molar-refractivity contribution in [1.29, 1.82) is 0 Å². The van der Waals surface area contributed by atoms with Gasteiger partial charge in [0.15, 0.2) is 0 Å². The van der Waals surface area contributed by atoms with Crippen LogP contribution in [0.25, 0.3) is 20.4 Å². The molecule has 0 N–H and O–H groups in total. The highest BCUT2D eigenvalue weighted by Crippen LogP contribution is 2.27. The van der Waals surface area contributed by atoms with E-state index in [1.54, 1.807) is 0 Å². The Hall–Kier alpha value is -1.92. The Labute approximate surface area is 136 Å². The van der Waals surface area contributed by atoms with Gasteiger partial charge in [-0.25, -0.2) is 0 Å². The van der Waals surface area contributed by atoms with Crippen molar-refractivity contribution in [2.75, 3.05) is 0 Å². The van der Waals surface area contributed by atoms with Crippen molar-refractivity contribution in [3.8, 4) is 0 Å². The van der Waals surface area contributed by atoms with Crippen molar-refractivity contribution in [2.45, 2.75) is 26.7 Å². The predicted molar refractivity (Wildman–Crippen MR) is 91.7 cm³/mol. The van der Waals surface area contributed by atoms with Crippen molar-refractivity contribution in [3.05, 3.63) is 46.5 Å². The van der Waals surface area contributed by atoms with E-state index < -0.39 is 0 Å². The van der Waals surface area contributed by atoms with Crippen LogP contribution in [0.4, 0.5) is 0 Å². The third-order valence-electron chi connectivity index (χ3n) is 4.04. The quantitative estimate of drug-likeness (QED) is 0.569. The van der Waals surface area contributed by atoms with Crippen molar-refractivity contribution >= 4 is 43.5 Å². The lowest BCUT2D eigenvalue weighted by Crippen LogP contribution is -1.94. The van der Waals surface area contributed by atoms with Gasteiger partial charge in [-0.15, -0.1) is 10.2 Å². The van der Waals surface area contributed by atoms with Crippen molar-refractivity contribution in [3.63, 3.8) is 0 Å². The molecule has 2 heterocycles. The van der Waals surface area contributed by atoms with E-state index in [0.717, 1.165) is 23.9 Å². The summed E-state index contributed by atoms with van der Waals surface area (Å²) in [6, 6.07) is 8.67. The van der Waals surface area contributed by atoms with Crippen molar-refractivity contribution in [1.82, 2.24) is 19.2 Å². The van der Waals surface area contributed by atoms with Crippen molar-refractivity contribution < 1.29 is 0 Å². The summed E-state index contributed by atoms with van der Waals surface area (Å²) in [5, 5.41) is 8.54. The molecule has 4 nitrogen and oxygen atoms in total. The van der Waals surface area contributed by atoms with Crippen LogP contribution >= 0.6 is 23.1 Å². The van der Waals surface area contributed by atoms with E-state index in [1.807, 2.05) is 0 Å². The number of nitrogens with zero attached hydrogens (tertiary/aromatic N) is 4. The molecule has 0 bridgehead atoms. The Bertz CT molecular complexity index is 891. The van der Waals surface area contributed by atoms with E-state index in [1.165, 1.54) is 54.7 Å². The fraction of sp³-hybridized carbons (Fsp3) is 0.250.